The number of nitrogens with zero attached hydrogens (tertiary/aromatic N) is 5. The normalized spacial score (nSPS) is 16.1. The molecule has 1 saturated heterocycles. The number of hydrogen-bond acceptors (Lipinski definition) is 6. The van der Waals surface area contributed by atoms with Crippen molar-refractivity contribution >= 4 is 17.6 Å². The molecular weight excluding hydrogens is 282 g/mol. The number of hydrogen-bond donors (Lipinski definition) is 0. The van der Waals surface area contributed by atoms with Crippen molar-refractivity contribution in [1.29, 1.82) is 0 Å². The molecule has 5 nitrogen and oxygen atoms in total. The summed E-state index contributed by atoms with van der Waals surface area (Å²) in [6.45, 7) is 5.08. The van der Waals surface area contributed by atoms with Crippen LogP contribution in [-0.2, 0) is 6.54 Å². The second-order valence-corrected chi connectivity index (χ2v) is 5.80. The van der Waals surface area contributed by atoms with Crippen molar-refractivity contribution in [2.45, 2.75) is 11.7 Å². The van der Waals surface area contributed by atoms with Crippen LogP contribution in [0.3, 0.4) is 0 Å². The summed E-state index contributed by atoms with van der Waals surface area (Å²) in [6, 6.07) is 6.13. The molecule has 1 aliphatic heterocycles. The minimum Gasteiger partial charge on any atom is -0.354 e. The Hall–Kier alpha value is -1.66. The maximum atomic E-state index is 4.57. The van der Waals surface area contributed by atoms with Gasteiger partial charge in [-0.1, -0.05) is 17.8 Å². The van der Waals surface area contributed by atoms with Gasteiger partial charge >= 0.3 is 0 Å². The van der Waals surface area contributed by atoms with E-state index in [1.165, 1.54) is 5.56 Å². The smallest absolute Gasteiger partial charge is 0.189 e. The topological polar surface area (TPSA) is 45.2 Å². The van der Waals surface area contributed by atoms with Gasteiger partial charge in [0.05, 0.1) is 0 Å². The Balaban J connectivity index is 1.57. The Morgan fingerprint density at radius 2 is 2.00 bits per heavy atom. The summed E-state index contributed by atoms with van der Waals surface area (Å²) in [4.78, 5) is 17.8. The fourth-order valence-corrected chi connectivity index (χ4v) is 2.84. The van der Waals surface area contributed by atoms with Gasteiger partial charge < -0.3 is 4.90 Å². The Morgan fingerprint density at radius 1 is 1.14 bits per heavy atom. The summed E-state index contributed by atoms with van der Waals surface area (Å²) in [6.07, 6.45) is 7.61. The first kappa shape index (κ1) is 14.3. The zero-order valence-corrected chi connectivity index (χ0v) is 13.0. The van der Waals surface area contributed by atoms with Crippen molar-refractivity contribution < 1.29 is 0 Å². The van der Waals surface area contributed by atoms with Crippen LogP contribution in [0, 0.1) is 0 Å². The zero-order chi connectivity index (χ0) is 14.5. The summed E-state index contributed by atoms with van der Waals surface area (Å²) in [7, 11) is 0. The van der Waals surface area contributed by atoms with E-state index in [0.29, 0.717) is 0 Å². The van der Waals surface area contributed by atoms with Crippen LogP contribution in [0.4, 0.5) is 5.82 Å². The minimum atomic E-state index is 0.838. The maximum Gasteiger partial charge on any atom is 0.189 e. The number of thioether (sulfide) groups is 1. The molecule has 0 saturated carbocycles. The second kappa shape index (κ2) is 6.87. The summed E-state index contributed by atoms with van der Waals surface area (Å²) >= 11 is 1.58. The summed E-state index contributed by atoms with van der Waals surface area (Å²) < 4.78 is 0. The molecule has 110 valence electrons. The first-order valence-corrected chi connectivity index (χ1v) is 8.31. The van der Waals surface area contributed by atoms with E-state index in [2.05, 4.69) is 30.8 Å². The van der Waals surface area contributed by atoms with Gasteiger partial charge in [-0.3, -0.25) is 9.88 Å². The fourth-order valence-electron chi connectivity index (χ4n) is 2.49. The Bertz CT molecular complexity index is 569. The average Bonchev–Trinajstić information content (AvgIpc) is 2.56. The van der Waals surface area contributed by atoms with E-state index in [-0.39, 0.29) is 0 Å². The van der Waals surface area contributed by atoms with Gasteiger partial charge in [0.25, 0.3) is 0 Å². The Kier molecular flexibility index (Phi) is 4.67. The van der Waals surface area contributed by atoms with Gasteiger partial charge in [-0.05, 0) is 24.0 Å². The molecule has 6 heteroatoms. The maximum absolute atomic E-state index is 4.57. The Morgan fingerprint density at radius 3 is 2.71 bits per heavy atom. The summed E-state index contributed by atoms with van der Waals surface area (Å²) in [5.41, 5.74) is 1.28. The molecule has 21 heavy (non-hydrogen) atoms. The van der Waals surface area contributed by atoms with Crippen LogP contribution >= 0.6 is 11.8 Å². The number of aromatic nitrogens is 3. The minimum absolute atomic E-state index is 0.838. The van der Waals surface area contributed by atoms with Crippen molar-refractivity contribution in [3.8, 4) is 0 Å². The fraction of sp³-hybridized carbons (Fsp3) is 0.400. The van der Waals surface area contributed by atoms with Gasteiger partial charge in [0, 0.05) is 51.3 Å². The quantitative estimate of drug-likeness (QED) is 0.635. The third-order valence-electron chi connectivity index (χ3n) is 3.63. The predicted octanol–water partition coefficient (Wildman–Crippen LogP) is 1.92. The van der Waals surface area contributed by atoms with Crippen molar-refractivity contribution in [1.82, 2.24) is 19.9 Å². The molecule has 0 radical (unpaired) electrons. The lowest BCUT2D eigenvalue weighted by Gasteiger charge is -2.35. The molecule has 0 bridgehead atoms. The molecule has 2 aromatic rings. The van der Waals surface area contributed by atoms with Crippen LogP contribution in [0.5, 0.6) is 0 Å². The van der Waals surface area contributed by atoms with Crippen LogP contribution in [-0.4, -0.2) is 52.3 Å². The van der Waals surface area contributed by atoms with E-state index in [1.54, 1.807) is 11.8 Å². The Labute approximate surface area is 129 Å². The molecule has 1 fully saturated rings. The van der Waals surface area contributed by atoms with Gasteiger partial charge in [0.15, 0.2) is 5.16 Å². The van der Waals surface area contributed by atoms with Crippen molar-refractivity contribution in [3.63, 3.8) is 0 Å². The van der Waals surface area contributed by atoms with E-state index < -0.39 is 0 Å². The number of piperazine rings is 1. The van der Waals surface area contributed by atoms with E-state index in [0.717, 1.165) is 43.7 Å². The summed E-state index contributed by atoms with van der Waals surface area (Å²) in [5.74, 6) is 1.04. The van der Waals surface area contributed by atoms with Crippen molar-refractivity contribution in [3.05, 3.63) is 42.4 Å². The molecule has 0 amide bonds. The highest BCUT2D eigenvalue weighted by atomic mass is 32.2. The molecule has 3 rings (SSSR count). The van der Waals surface area contributed by atoms with Crippen molar-refractivity contribution in [2.24, 2.45) is 0 Å². The standard InChI is InChI=1S/C15H19N5S/c1-21-15-17-6-4-14(18-15)20-9-7-19(8-10-20)12-13-3-2-5-16-11-13/h2-6,11H,7-10,12H2,1H3. The lowest BCUT2D eigenvalue weighted by atomic mass is 10.2. The first-order chi connectivity index (χ1) is 10.3. The highest BCUT2D eigenvalue weighted by Gasteiger charge is 2.18. The third-order valence-corrected chi connectivity index (χ3v) is 4.19. The number of rotatable bonds is 4. The second-order valence-electron chi connectivity index (χ2n) is 5.03. The van der Waals surface area contributed by atoms with Gasteiger partial charge in [0.2, 0.25) is 0 Å². The molecule has 0 aromatic carbocycles. The van der Waals surface area contributed by atoms with Gasteiger partial charge in [-0.25, -0.2) is 9.97 Å². The molecule has 0 unspecified atom stereocenters. The highest BCUT2D eigenvalue weighted by molar-refractivity contribution is 7.98. The monoisotopic (exact) mass is 301 g/mol. The largest absolute Gasteiger partial charge is 0.354 e. The number of pyridine rings is 1. The molecule has 1 aliphatic rings. The first-order valence-electron chi connectivity index (χ1n) is 7.08. The molecule has 2 aromatic heterocycles. The molecule has 0 spiro atoms. The lowest BCUT2D eigenvalue weighted by Crippen LogP contribution is -2.46. The van der Waals surface area contributed by atoms with Crippen molar-refractivity contribution in [2.75, 3.05) is 37.3 Å². The molecule has 0 aliphatic carbocycles. The van der Waals surface area contributed by atoms with Gasteiger partial charge in [0.1, 0.15) is 5.82 Å². The zero-order valence-electron chi connectivity index (χ0n) is 12.1. The van der Waals surface area contributed by atoms with Crippen LogP contribution in [0.15, 0.2) is 41.9 Å². The van der Waals surface area contributed by atoms with E-state index in [9.17, 15) is 0 Å². The van der Waals surface area contributed by atoms with Gasteiger partial charge in [-0.2, -0.15) is 0 Å². The van der Waals surface area contributed by atoms with E-state index in [1.807, 2.05) is 37.0 Å². The predicted molar refractivity (Wildman–Crippen MR) is 85.5 cm³/mol. The lowest BCUT2D eigenvalue weighted by molar-refractivity contribution is 0.249. The SMILES string of the molecule is CSc1nccc(N2CCN(Cc3cccnc3)CC2)n1. The average molecular weight is 301 g/mol. The van der Waals surface area contributed by atoms with E-state index >= 15 is 0 Å². The molecular formula is C15H19N5S. The molecule has 0 N–H and O–H groups in total. The third kappa shape index (κ3) is 3.71. The van der Waals surface area contributed by atoms with Crippen LogP contribution in [0.25, 0.3) is 0 Å². The van der Waals surface area contributed by atoms with Crippen LogP contribution in [0.1, 0.15) is 5.56 Å². The van der Waals surface area contributed by atoms with E-state index in [4.69, 9.17) is 0 Å². The van der Waals surface area contributed by atoms with Gasteiger partial charge in [-0.15, -0.1) is 0 Å². The molecule has 3 heterocycles. The van der Waals surface area contributed by atoms with Crippen LogP contribution < -0.4 is 4.90 Å². The number of anilines is 1. The molecule has 0 atom stereocenters. The summed E-state index contributed by atoms with van der Waals surface area (Å²) in [5, 5.41) is 0.838. The highest BCUT2D eigenvalue weighted by Crippen LogP contribution is 2.17. The van der Waals surface area contributed by atoms with Crippen LogP contribution in [0.2, 0.25) is 0 Å².